The maximum absolute atomic E-state index is 10.9. The first-order valence-electron chi connectivity index (χ1n) is 3.63. The van der Waals surface area contributed by atoms with E-state index in [0.29, 0.717) is 6.42 Å². The van der Waals surface area contributed by atoms with Crippen molar-refractivity contribution in [3.05, 3.63) is 36.5 Å². The Balaban J connectivity index is 3.78. The van der Waals surface area contributed by atoms with Crippen molar-refractivity contribution in [1.29, 1.82) is 0 Å². The molecule has 1 nitrogen and oxygen atoms in total. The van der Waals surface area contributed by atoms with E-state index < -0.39 is 0 Å². The van der Waals surface area contributed by atoms with Gasteiger partial charge in [-0.15, -0.1) is 0 Å². The van der Waals surface area contributed by atoms with E-state index in [-0.39, 0.29) is 5.78 Å². The van der Waals surface area contributed by atoms with Gasteiger partial charge in [-0.25, -0.2) is 0 Å². The molecule has 0 fully saturated rings. The van der Waals surface area contributed by atoms with E-state index in [4.69, 9.17) is 0 Å². The van der Waals surface area contributed by atoms with Gasteiger partial charge >= 0.3 is 0 Å². The van der Waals surface area contributed by atoms with Crippen LogP contribution in [0.15, 0.2) is 36.5 Å². The van der Waals surface area contributed by atoms with Crippen LogP contribution in [-0.4, -0.2) is 5.78 Å². The van der Waals surface area contributed by atoms with E-state index in [1.165, 1.54) is 0 Å². The zero-order chi connectivity index (χ0) is 8.69. The van der Waals surface area contributed by atoms with Crippen molar-refractivity contribution >= 4 is 5.78 Å². The Kier molecular flexibility index (Phi) is 5.09. The maximum atomic E-state index is 10.9. The number of rotatable bonds is 4. The van der Waals surface area contributed by atoms with Crippen LogP contribution in [0.4, 0.5) is 0 Å². The summed E-state index contributed by atoms with van der Waals surface area (Å²) < 4.78 is 0. The molecule has 0 aliphatic carbocycles. The number of allylic oxidation sites excluding steroid dienone is 5. The van der Waals surface area contributed by atoms with Gasteiger partial charge in [0.15, 0.2) is 5.78 Å². The summed E-state index contributed by atoms with van der Waals surface area (Å²) in [5.74, 6) is 0.107. The third-order valence-corrected chi connectivity index (χ3v) is 1.06. The van der Waals surface area contributed by atoms with Crippen molar-refractivity contribution in [3.63, 3.8) is 0 Å². The lowest BCUT2D eigenvalue weighted by Crippen LogP contribution is -1.91. The van der Waals surface area contributed by atoms with E-state index in [9.17, 15) is 4.79 Å². The molecule has 0 amide bonds. The monoisotopic (exact) mass is 150 g/mol. The van der Waals surface area contributed by atoms with Crippen molar-refractivity contribution in [3.8, 4) is 0 Å². The Bertz CT molecular complexity index is 197. The lowest BCUT2D eigenvalue weighted by molar-refractivity contribution is -0.114. The van der Waals surface area contributed by atoms with E-state index in [1.54, 1.807) is 12.2 Å². The van der Waals surface area contributed by atoms with Crippen molar-refractivity contribution in [2.75, 3.05) is 0 Å². The standard InChI is InChI=1S/C10H14O/c1-4-5-6-7-10(11)8-9(2)3/h4-7H,2,8H2,1,3H3/b5-4+,7-6+. The SMILES string of the molecule is C=C(C)CC(=O)/C=C/C=C/C. The lowest BCUT2D eigenvalue weighted by atomic mass is 10.1. The van der Waals surface area contributed by atoms with E-state index in [1.807, 2.05) is 26.0 Å². The van der Waals surface area contributed by atoms with Gasteiger partial charge in [-0.1, -0.05) is 30.4 Å². The maximum Gasteiger partial charge on any atom is 0.159 e. The smallest absolute Gasteiger partial charge is 0.159 e. The van der Waals surface area contributed by atoms with Gasteiger partial charge in [-0.05, 0) is 19.9 Å². The number of hydrogen-bond donors (Lipinski definition) is 0. The van der Waals surface area contributed by atoms with E-state index in [2.05, 4.69) is 6.58 Å². The molecule has 0 aliphatic heterocycles. The molecule has 1 heteroatoms. The number of ketones is 1. The second-order valence-electron chi connectivity index (χ2n) is 2.49. The average Bonchev–Trinajstić information content (AvgIpc) is 1.86. The molecule has 0 heterocycles. The van der Waals surface area contributed by atoms with Crippen molar-refractivity contribution in [2.24, 2.45) is 0 Å². The van der Waals surface area contributed by atoms with Crippen LogP contribution in [0, 0.1) is 0 Å². The molecule has 60 valence electrons. The Morgan fingerprint density at radius 2 is 2.09 bits per heavy atom. The molecule has 0 unspecified atom stereocenters. The fourth-order valence-corrected chi connectivity index (χ4v) is 0.630. The number of carbonyl (C=O) groups is 1. The van der Waals surface area contributed by atoms with Crippen LogP contribution in [0.2, 0.25) is 0 Å². The summed E-state index contributed by atoms with van der Waals surface area (Å²) in [5.41, 5.74) is 0.903. The fourth-order valence-electron chi connectivity index (χ4n) is 0.630. The lowest BCUT2D eigenvalue weighted by Gasteiger charge is -1.90. The zero-order valence-corrected chi connectivity index (χ0v) is 7.13. The highest BCUT2D eigenvalue weighted by Gasteiger charge is 1.93. The summed E-state index contributed by atoms with van der Waals surface area (Å²) in [4.78, 5) is 10.9. The Labute approximate surface area is 68.1 Å². The second-order valence-corrected chi connectivity index (χ2v) is 2.49. The molecule has 0 aromatic rings. The normalized spacial score (nSPS) is 11.1. The Morgan fingerprint density at radius 1 is 1.45 bits per heavy atom. The summed E-state index contributed by atoms with van der Waals surface area (Å²) in [6.45, 7) is 7.41. The van der Waals surface area contributed by atoms with E-state index >= 15 is 0 Å². The Hall–Kier alpha value is -1.11. The topological polar surface area (TPSA) is 17.1 Å². The second kappa shape index (κ2) is 5.66. The number of hydrogen-bond acceptors (Lipinski definition) is 1. The third kappa shape index (κ3) is 6.78. The van der Waals surface area contributed by atoms with Crippen LogP contribution in [0.3, 0.4) is 0 Å². The largest absolute Gasteiger partial charge is 0.295 e. The summed E-state index contributed by atoms with van der Waals surface area (Å²) in [5, 5.41) is 0. The molecule has 0 aliphatic rings. The minimum atomic E-state index is 0.107. The van der Waals surface area contributed by atoms with Gasteiger partial charge < -0.3 is 0 Å². The molecular weight excluding hydrogens is 136 g/mol. The van der Waals surface area contributed by atoms with Crippen LogP contribution in [0.25, 0.3) is 0 Å². The molecule has 11 heavy (non-hydrogen) atoms. The quantitative estimate of drug-likeness (QED) is 0.342. The highest BCUT2D eigenvalue weighted by molar-refractivity contribution is 5.91. The first kappa shape index (κ1) is 9.89. The highest BCUT2D eigenvalue weighted by Crippen LogP contribution is 1.97. The first-order valence-corrected chi connectivity index (χ1v) is 3.63. The third-order valence-electron chi connectivity index (χ3n) is 1.06. The zero-order valence-electron chi connectivity index (χ0n) is 7.13. The first-order chi connectivity index (χ1) is 5.16. The van der Waals surface area contributed by atoms with Crippen LogP contribution in [0.1, 0.15) is 20.3 Å². The van der Waals surface area contributed by atoms with Gasteiger partial charge in [0, 0.05) is 6.42 Å². The summed E-state index contributed by atoms with van der Waals surface area (Å²) >= 11 is 0. The van der Waals surface area contributed by atoms with Gasteiger partial charge in [0.1, 0.15) is 0 Å². The molecule has 0 saturated heterocycles. The van der Waals surface area contributed by atoms with Gasteiger partial charge in [0.2, 0.25) is 0 Å². The molecule has 0 bridgehead atoms. The van der Waals surface area contributed by atoms with Crippen LogP contribution < -0.4 is 0 Å². The molecule has 0 N–H and O–H groups in total. The van der Waals surface area contributed by atoms with E-state index in [0.717, 1.165) is 5.57 Å². The van der Waals surface area contributed by atoms with Gasteiger partial charge in [0.05, 0.1) is 0 Å². The van der Waals surface area contributed by atoms with Crippen LogP contribution in [-0.2, 0) is 4.79 Å². The highest BCUT2D eigenvalue weighted by atomic mass is 16.1. The average molecular weight is 150 g/mol. The molecule has 0 saturated carbocycles. The van der Waals surface area contributed by atoms with Gasteiger partial charge in [-0.3, -0.25) is 4.79 Å². The van der Waals surface area contributed by atoms with Crippen LogP contribution >= 0.6 is 0 Å². The predicted octanol–water partition coefficient (Wildman–Crippen LogP) is 2.65. The van der Waals surface area contributed by atoms with Crippen LogP contribution in [0.5, 0.6) is 0 Å². The summed E-state index contributed by atoms with van der Waals surface area (Å²) in [7, 11) is 0. The molecule has 0 aromatic carbocycles. The molecule has 0 aromatic heterocycles. The van der Waals surface area contributed by atoms with Gasteiger partial charge in [-0.2, -0.15) is 0 Å². The van der Waals surface area contributed by atoms with Crippen molar-refractivity contribution in [1.82, 2.24) is 0 Å². The van der Waals surface area contributed by atoms with Crippen molar-refractivity contribution in [2.45, 2.75) is 20.3 Å². The number of carbonyl (C=O) groups excluding carboxylic acids is 1. The summed E-state index contributed by atoms with van der Waals surface area (Å²) in [6.07, 6.45) is 7.47. The minimum absolute atomic E-state index is 0.107. The molecule has 0 radical (unpaired) electrons. The molecular formula is C10H14O. The fraction of sp³-hybridized carbons (Fsp3) is 0.300. The molecule has 0 spiro atoms. The summed E-state index contributed by atoms with van der Waals surface area (Å²) in [6, 6.07) is 0. The minimum Gasteiger partial charge on any atom is -0.295 e. The van der Waals surface area contributed by atoms with Crippen molar-refractivity contribution < 1.29 is 4.79 Å². The van der Waals surface area contributed by atoms with Gasteiger partial charge in [0.25, 0.3) is 0 Å². The molecule has 0 atom stereocenters. The molecule has 0 rings (SSSR count). The Morgan fingerprint density at radius 3 is 2.55 bits per heavy atom. The predicted molar refractivity (Wildman–Crippen MR) is 48.4 cm³/mol.